The highest BCUT2D eigenvalue weighted by atomic mass is 15.3. The van der Waals surface area contributed by atoms with Crippen LogP contribution < -0.4 is 16.2 Å². The third-order valence-corrected chi connectivity index (χ3v) is 2.35. The molecule has 0 aromatic heterocycles. The van der Waals surface area contributed by atoms with E-state index in [2.05, 4.69) is 41.8 Å². The van der Waals surface area contributed by atoms with E-state index >= 15 is 0 Å². The number of rotatable bonds is 9. The summed E-state index contributed by atoms with van der Waals surface area (Å²) < 4.78 is 0. The van der Waals surface area contributed by atoms with Crippen molar-refractivity contribution in [1.82, 2.24) is 21.1 Å². The van der Waals surface area contributed by atoms with E-state index in [4.69, 9.17) is 0 Å². The summed E-state index contributed by atoms with van der Waals surface area (Å²) in [5.41, 5.74) is 5.77. The van der Waals surface area contributed by atoms with Crippen molar-refractivity contribution < 1.29 is 0 Å². The Morgan fingerprint density at radius 2 is 1.56 bits per heavy atom. The number of hydrogen-bond donors (Lipinski definition) is 3. The maximum absolute atomic E-state index is 3.14. The standard InChI is InChI=1S/C8H20N2.C4H12N2/c1-4-10(5-2)8-6-7-9-3;1-3-4-6-5-2/h9H,4-8H2,1-3H3;5-6H,3-4H2,1-2H3. The molecule has 0 bridgehead atoms. The number of nitrogens with one attached hydrogen (secondary N) is 3. The van der Waals surface area contributed by atoms with Gasteiger partial charge in [0.25, 0.3) is 0 Å². The second-order valence-electron chi connectivity index (χ2n) is 3.66. The smallest absolute Gasteiger partial charge is 0.00970 e. The molecule has 0 saturated carbocycles. The van der Waals surface area contributed by atoms with Crippen LogP contribution in [-0.4, -0.2) is 51.7 Å². The highest BCUT2D eigenvalue weighted by molar-refractivity contribution is 4.52. The van der Waals surface area contributed by atoms with Gasteiger partial charge in [-0.3, -0.25) is 10.9 Å². The van der Waals surface area contributed by atoms with Crippen molar-refractivity contribution >= 4 is 0 Å². The molecule has 0 radical (unpaired) electrons. The van der Waals surface area contributed by atoms with E-state index in [1.807, 2.05) is 14.1 Å². The van der Waals surface area contributed by atoms with Crippen molar-refractivity contribution in [1.29, 1.82) is 0 Å². The summed E-state index contributed by atoms with van der Waals surface area (Å²) >= 11 is 0. The molecule has 3 N–H and O–H groups in total. The van der Waals surface area contributed by atoms with E-state index in [0.717, 1.165) is 13.1 Å². The molecule has 0 atom stereocenters. The first kappa shape index (κ1) is 18.2. The number of hydrazine groups is 1. The zero-order chi connectivity index (χ0) is 12.6. The van der Waals surface area contributed by atoms with Crippen LogP contribution in [-0.2, 0) is 0 Å². The van der Waals surface area contributed by atoms with E-state index < -0.39 is 0 Å². The van der Waals surface area contributed by atoms with Crippen LogP contribution in [0.2, 0.25) is 0 Å². The molecule has 0 unspecified atom stereocenters. The number of nitrogens with zero attached hydrogens (tertiary/aromatic N) is 1. The van der Waals surface area contributed by atoms with Crippen LogP contribution in [0.1, 0.15) is 33.6 Å². The van der Waals surface area contributed by atoms with E-state index in [-0.39, 0.29) is 0 Å². The van der Waals surface area contributed by atoms with Gasteiger partial charge >= 0.3 is 0 Å². The Bertz CT molecular complexity index is 101. The van der Waals surface area contributed by atoms with Gasteiger partial charge in [0.1, 0.15) is 0 Å². The van der Waals surface area contributed by atoms with Crippen LogP contribution in [0.4, 0.5) is 0 Å². The van der Waals surface area contributed by atoms with Gasteiger partial charge in [0.05, 0.1) is 0 Å². The lowest BCUT2D eigenvalue weighted by Crippen LogP contribution is -2.27. The lowest BCUT2D eigenvalue weighted by atomic mass is 10.4. The summed E-state index contributed by atoms with van der Waals surface area (Å²) in [7, 11) is 3.87. The van der Waals surface area contributed by atoms with Crippen molar-refractivity contribution in [3.8, 4) is 0 Å². The Balaban J connectivity index is 0. The SMILES string of the molecule is CCCNNC.CCN(CC)CCCNC. The Morgan fingerprint density at radius 1 is 0.938 bits per heavy atom. The fraction of sp³-hybridized carbons (Fsp3) is 1.00. The fourth-order valence-electron chi connectivity index (χ4n) is 1.27. The zero-order valence-electron chi connectivity index (χ0n) is 11.9. The Kier molecular flexibility index (Phi) is 19.6. The van der Waals surface area contributed by atoms with E-state index in [9.17, 15) is 0 Å². The first-order valence-electron chi connectivity index (χ1n) is 6.53. The normalized spacial score (nSPS) is 10.1. The Labute approximate surface area is 102 Å². The highest BCUT2D eigenvalue weighted by Crippen LogP contribution is 1.88. The summed E-state index contributed by atoms with van der Waals surface area (Å²) in [6.45, 7) is 12.3. The average Bonchev–Trinajstić information content (AvgIpc) is 2.33. The summed E-state index contributed by atoms with van der Waals surface area (Å²) in [6.07, 6.45) is 2.44. The lowest BCUT2D eigenvalue weighted by Gasteiger charge is -2.17. The molecule has 100 valence electrons. The van der Waals surface area contributed by atoms with E-state index in [1.165, 1.54) is 32.5 Å². The molecule has 0 aliphatic carbocycles. The van der Waals surface area contributed by atoms with Crippen LogP contribution in [0.3, 0.4) is 0 Å². The van der Waals surface area contributed by atoms with Crippen LogP contribution >= 0.6 is 0 Å². The molecule has 0 aromatic rings. The largest absolute Gasteiger partial charge is 0.320 e. The lowest BCUT2D eigenvalue weighted by molar-refractivity contribution is 0.299. The minimum absolute atomic E-state index is 1.05. The molecule has 0 aliphatic rings. The molecule has 0 fully saturated rings. The molecule has 0 amide bonds. The van der Waals surface area contributed by atoms with Gasteiger partial charge < -0.3 is 10.2 Å². The maximum atomic E-state index is 3.14. The summed E-state index contributed by atoms with van der Waals surface area (Å²) in [5, 5.41) is 3.14. The van der Waals surface area contributed by atoms with Crippen molar-refractivity contribution in [3.05, 3.63) is 0 Å². The summed E-state index contributed by atoms with van der Waals surface area (Å²) in [6, 6.07) is 0. The minimum Gasteiger partial charge on any atom is -0.320 e. The third-order valence-electron chi connectivity index (χ3n) is 2.35. The van der Waals surface area contributed by atoms with Crippen molar-refractivity contribution in [3.63, 3.8) is 0 Å². The van der Waals surface area contributed by atoms with Gasteiger partial charge in [0, 0.05) is 6.54 Å². The van der Waals surface area contributed by atoms with Crippen LogP contribution in [0.5, 0.6) is 0 Å². The fourth-order valence-corrected chi connectivity index (χ4v) is 1.27. The van der Waals surface area contributed by atoms with Gasteiger partial charge in [0.15, 0.2) is 0 Å². The van der Waals surface area contributed by atoms with Crippen molar-refractivity contribution in [2.75, 3.05) is 46.8 Å². The Hall–Kier alpha value is -0.160. The topological polar surface area (TPSA) is 39.3 Å². The van der Waals surface area contributed by atoms with Crippen LogP contribution in [0.25, 0.3) is 0 Å². The van der Waals surface area contributed by atoms with Gasteiger partial charge in [-0.2, -0.15) is 0 Å². The first-order chi connectivity index (χ1) is 7.76. The first-order valence-corrected chi connectivity index (χ1v) is 6.53. The van der Waals surface area contributed by atoms with Gasteiger partial charge in [-0.05, 0) is 53.1 Å². The van der Waals surface area contributed by atoms with Gasteiger partial charge in [-0.1, -0.05) is 20.8 Å². The highest BCUT2D eigenvalue weighted by Gasteiger charge is 1.95. The monoisotopic (exact) mass is 232 g/mol. The molecule has 16 heavy (non-hydrogen) atoms. The molecule has 0 aromatic carbocycles. The van der Waals surface area contributed by atoms with Crippen molar-refractivity contribution in [2.24, 2.45) is 0 Å². The second-order valence-corrected chi connectivity index (χ2v) is 3.66. The molecule has 4 heteroatoms. The number of hydrogen-bond acceptors (Lipinski definition) is 4. The predicted octanol–water partition coefficient (Wildman–Crippen LogP) is 1.06. The molecule has 0 saturated heterocycles. The third kappa shape index (κ3) is 16.3. The summed E-state index contributed by atoms with van der Waals surface area (Å²) in [4.78, 5) is 2.44. The van der Waals surface area contributed by atoms with Crippen LogP contribution in [0.15, 0.2) is 0 Å². The molecule has 0 aliphatic heterocycles. The molecular formula is C12H32N4. The molecule has 0 rings (SSSR count). The van der Waals surface area contributed by atoms with E-state index in [1.54, 1.807) is 0 Å². The maximum Gasteiger partial charge on any atom is 0.00970 e. The quantitative estimate of drug-likeness (QED) is 0.411. The molecule has 4 nitrogen and oxygen atoms in total. The average molecular weight is 232 g/mol. The zero-order valence-corrected chi connectivity index (χ0v) is 11.9. The van der Waals surface area contributed by atoms with Crippen molar-refractivity contribution in [2.45, 2.75) is 33.6 Å². The Morgan fingerprint density at radius 3 is 1.88 bits per heavy atom. The van der Waals surface area contributed by atoms with Gasteiger partial charge in [-0.25, -0.2) is 0 Å². The molecule has 0 heterocycles. The molecular weight excluding hydrogens is 200 g/mol. The minimum atomic E-state index is 1.05. The van der Waals surface area contributed by atoms with Gasteiger partial charge in [-0.15, -0.1) is 0 Å². The predicted molar refractivity (Wildman–Crippen MR) is 73.7 cm³/mol. The van der Waals surface area contributed by atoms with Gasteiger partial charge in [0.2, 0.25) is 0 Å². The molecule has 0 spiro atoms. The summed E-state index contributed by atoms with van der Waals surface area (Å²) in [5.74, 6) is 0. The van der Waals surface area contributed by atoms with Crippen LogP contribution in [0, 0.1) is 0 Å². The van der Waals surface area contributed by atoms with E-state index in [0.29, 0.717) is 0 Å². The second kappa shape index (κ2) is 17.2.